The van der Waals surface area contributed by atoms with Gasteiger partial charge in [-0.15, -0.1) is 0 Å². The van der Waals surface area contributed by atoms with Crippen LogP contribution < -0.4 is 15.5 Å². The number of aliphatic hydroxyl groups is 1. The number of nitrogens with two attached hydrogens (primary N) is 1. The number of benzene rings is 3. The SMILES string of the molecule is CN(CC(=O)[NH2+]c1ccc(CCNCCc2ccc(O)c3[nH]c(=O)sc23)cc1)Cc1cnc(C(O)(c2ccccc2)C2CCCCC2)o1. The molecule has 5 aromatic rings. The van der Waals surface area contributed by atoms with Crippen molar-refractivity contribution in [2.75, 3.05) is 26.7 Å². The Kier molecular flexibility index (Phi) is 10.8. The van der Waals surface area contributed by atoms with Gasteiger partial charge in [0, 0.05) is 5.92 Å². The van der Waals surface area contributed by atoms with Crippen molar-refractivity contribution in [1.82, 2.24) is 20.2 Å². The van der Waals surface area contributed by atoms with Gasteiger partial charge in [0.15, 0.2) is 5.60 Å². The van der Waals surface area contributed by atoms with Crippen molar-refractivity contribution in [2.24, 2.45) is 5.92 Å². The molecular weight excluding hydrogens is 627 g/mol. The smallest absolute Gasteiger partial charge is 0.329 e. The van der Waals surface area contributed by atoms with Crippen molar-refractivity contribution >= 4 is 33.1 Å². The Morgan fingerprint density at radius 3 is 2.58 bits per heavy atom. The number of phenolic OH excluding ortho intramolecular Hbond substituents is 1. The van der Waals surface area contributed by atoms with Crippen LogP contribution >= 0.6 is 11.3 Å². The average molecular weight is 671 g/mol. The van der Waals surface area contributed by atoms with E-state index in [-0.39, 0.29) is 29.0 Å². The van der Waals surface area contributed by atoms with Crippen LogP contribution in [0.5, 0.6) is 5.75 Å². The number of aromatic amines is 1. The summed E-state index contributed by atoms with van der Waals surface area (Å²) in [6.45, 7) is 2.17. The number of hydrogen-bond donors (Lipinski definition) is 5. The van der Waals surface area contributed by atoms with E-state index >= 15 is 0 Å². The van der Waals surface area contributed by atoms with Gasteiger partial charge in [0.25, 0.3) is 0 Å². The summed E-state index contributed by atoms with van der Waals surface area (Å²) in [4.78, 5) is 33.6. The number of amides is 1. The van der Waals surface area contributed by atoms with Gasteiger partial charge >= 0.3 is 10.8 Å². The zero-order valence-corrected chi connectivity index (χ0v) is 28.1. The highest BCUT2D eigenvalue weighted by molar-refractivity contribution is 7.16. The molecule has 1 aliphatic rings. The number of rotatable bonds is 14. The maximum absolute atomic E-state index is 12.9. The first kappa shape index (κ1) is 33.8. The Morgan fingerprint density at radius 1 is 1.06 bits per heavy atom. The summed E-state index contributed by atoms with van der Waals surface area (Å²) in [6, 6.07) is 21.2. The standard InChI is InChI=1S/C37H43N5O5S/c1-42(23-30-22-39-35(47-30)37(46,27-8-4-2-5-9-27)28-10-6-3-7-11-28)24-32(44)40-29-15-12-25(13-16-29)18-20-38-21-19-26-14-17-31(43)33-34(26)48-36(45)41-33/h2,4-5,8-9,12-17,22,28,38,43,46H,3,6-7,10-11,18-21,23-24H2,1H3,(H,40,44)(H,41,45)/p+1. The van der Waals surface area contributed by atoms with Gasteiger partial charge in [0.2, 0.25) is 5.89 Å². The van der Waals surface area contributed by atoms with Crippen LogP contribution in [0.25, 0.3) is 10.2 Å². The molecule has 252 valence electrons. The molecule has 0 aliphatic heterocycles. The van der Waals surface area contributed by atoms with Gasteiger partial charge < -0.3 is 24.9 Å². The molecule has 2 aromatic heterocycles. The Labute approximate surface area is 283 Å². The fourth-order valence-electron chi connectivity index (χ4n) is 6.75. The summed E-state index contributed by atoms with van der Waals surface area (Å²) in [5, 5.41) is 27.2. The molecule has 0 spiro atoms. The number of carbonyl (C=O) groups excluding carboxylic acids is 1. The summed E-state index contributed by atoms with van der Waals surface area (Å²) >= 11 is 1.12. The molecule has 0 bridgehead atoms. The van der Waals surface area contributed by atoms with Crippen LogP contribution in [0.4, 0.5) is 5.69 Å². The summed E-state index contributed by atoms with van der Waals surface area (Å²) in [7, 11) is 1.87. The molecule has 2 heterocycles. The average Bonchev–Trinajstić information content (AvgIpc) is 3.74. The number of quaternary nitrogens is 1. The number of nitrogens with zero attached hydrogens (tertiary/aromatic N) is 2. The Hall–Kier alpha value is -4.13. The van der Waals surface area contributed by atoms with E-state index in [1.54, 1.807) is 17.6 Å². The number of phenols is 1. The van der Waals surface area contributed by atoms with Crippen LogP contribution in [0.15, 0.2) is 82.1 Å². The lowest BCUT2D eigenvalue weighted by atomic mass is 9.73. The first-order valence-corrected chi connectivity index (χ1v) is 17.5. The highest BCUT2D eigenvalue weighted by Crippen LogP contribution is 2.43. The minimum atomic E-state index is -1.28. The molecule has 1 aliphatic carbocycles. The summed E-state index contributed by atoms with van der Waals surface area (Å²) in [5.74, 6) is 1.07. The fourth-order valence-corrected chi connectivity index (χ4v) is 7.65. The lowest BCUT2D eigenvalue weighted by Crippen LogP contribution is -2.84. The van der Waals surface area contributed by atoms with Gasteiger partial charge in [-0.2, -0.15) is 0 Å². The summed E-state index contributed by atoms with van der Waals surface area (Å²) in [6.07, 6.45) is 8.48. The fraction of sp³-hybridized carbons (Fsp3) is 0.378. The number of aromatic nitrogens is 2. The molecule has 6 N–H and O–H groups in total. The zero-order valence-electron chi connectivity index (χ0n) is 27.3. The number of likely N-dealkylation sites (N-methyl/N-ethyl adjacent to an activating group) is 1. The number of fused-ring (bicyclic) bond motifs is 1. The monoisotopic (exact) mass is 670 g/mol. The van der Waals surface area contributed by atoms with Crippen molar-refractivity contribution < 1.29 is 24.7 Å². The van der Waals surface area contributed by atoms with Crippen LogP contribution in [0, 0.1) is 5.92 Å². The van der Waals surface area contributed by atoms with Crippen molar-refractivity contribution in [3.05, 3.63) is 111 Å². The van der Waals surface area contributed by atoms with Crippen LogP contribution in [-0.4, -0.2) is 57.7 Å². The lowest BCUT2D eigenvalue weighted by molar-refractivity contribution is -0.483. The molecule has 1 fully saturated rings. The molecule has 3 aromatic carbocycles. The van der Waals surface area contributed by atoms with Crippen LogP contribution in [-0.2, 0) is 29.8 Å². The van der Waals surface area contributed by atoms with Gasteiger partial charge in [0.1, 0.15) is 29.3 Å². The number of carbonyl (C=O) groups is 1. The number of primary amides is 1. The van der Waals surface area contributed by atoms with Crippen LogP contribution in [0.1, 0.15) is 60.4 Å². The predicted octanol–water partition coefficient (Wildman–Crippen LogP) is 4.33. The van der Waals surface area contributed by atoms with Crippen LogP contribution in [0.2, 0.25) is 0 Å². The second-order valence-corrected chi connectivity index (χ2v) is 13.8. The molecule has 1 atom stereocenters. The highest BCUT2D eigenvalue weighted by atomic mass is 32.1. The van der Waals surface area contributed by atoms with Crippen molar-refractivity contribution in [3.8, 4) is 5.75 Å². The minimum Gasteiger partial charge on any atom is -0.506 e. The minimum absolute atomic E-state index is 0.00886. The van der Waals surface area contributed by atoms with Crippen LogP contribution in [0.3, 0.4) is 0 Å². The summed E-state index contributed by atoms with van der Waals surface area (Å²) in [5.41, 5.74) is 3.09. The maximum Gasteiger partial charge on any atom is 0.329 e. The molecule has 1 saturated carbocycles. The number of nitrogens with one attached hydrogen (secondary N) is 2. The molecule has 0 saturated heterocycles. The number of thiazole rings is 1. The third kappa shape index (κ3) is 7.94. The highest BCUT2D eigenvalue weighted by Gasteiger charge is 2.44. The molecule has 48 heavy (non-hydrogen) atoms. The predicted molar refractivity (Wildman–Crippen MR) is 186 cm³/mol. The third-order valence-corrected chi connectivity index (χ3v) is 10.2. The van der Waals surface area contributed by atoms with E-state index in [4.69, 9.17) is 4.42 Å². The van der Waals surface area contributed by atoms with Crippen molar-refractivity contribution in [1.29, 1.82) is 0 Å². The molecule has 1 amide bonds. The molecular formula is C37H44N5O5S+. The topological polar surface area (TPSA) is 148 Å². The normalized spacial score (nSPS) is 15.2. The largest absolute Gasteiger partial charge is 0.506 e. The van der Waals surface area contributed by atoms with Gasteiger partial charge in [-0.1, -0.05) is 79.1 Å². The quantitative estimate of drug-likeness (QED) is 0.0867. The molecule has 0 radical (unpaired) electrons. The van der Waals surface area contributed by atoms with Gasteiger partial charge in [-0.05, 0) is 80.7 Å². The van der Waals surface area contributed by atoms with Gasteiger partial charge in [-0.3, -0.25) is 9.69 Å². The van der Waals surface area contributed by atoms with E-state index in [9.17, 15) is 19.8 Å². The zero-order chi connectivity index (χ0) is 33.5. The Bertz CT molecular complexity index is 1860. The molecule has 1 unspecified atom stereocenters. The number of H-pyrrole nitrogens is 1. The van der Waals surface area contributed by atoms with E-state index in [2.05, 4.69) is 15.3 Å². The number of oxazole rings is 1. The van der Waals surface area contributed by atoms with E-state index < -0.39 is 5.60 Å². The van der Waals surface area contributed by atoms with E-state index in [1.807, 2.05) is 72.6 Å². The second kappa shape index (κ2) is 15.4. The summed E-state index contributed by atoms with van der Waals surface area (Å²) < 4.78 is 6.99. The number of hydrogen-bond acceptors (Lipinski definition) is 9. The van der Waals surface area contributed by atoms with E-state index in [0.29, 0.717) is 23.7 Å². The molecule has 10 nitrogen and oxygen atoms in total. The van der Waals surface area contributed by atoms with E-state index in [1.165, 1.54) is 12.0 Å². The lowest BCUT2D eigenvalue weighted by Gasteiger charge is -2.36. The van der Waals surface area contributed by atoms with Gasteiger partial charge in [0.05, 0.1) is 17.4 Å². The van der Waals surface area contributed by atoms with Crippen molar-refractivity contribution in [2.45, 2.75) is 57.1 Å². The first-order chi connectivity index (χ1) is 23.3. The Balaban J connectivity index is 0.955. The first-order valence-electron chi connectivity index (χ1n) is 16.7. The molecule has 11 heteroatoms. The Morgan fingerprint density at radius 2 is 1.81 bits per heavy atom. The second-order valence-electron chi connectivity index (χ2n) is 12.8. The number of aromatic hydroxyl groups is 1. The van der Waals surface area contributed by atoms with Crippen molar-refractivity contribution in [3.63, 3.8) is 0 Å². The maximum atomic E-state index is 12.9. The third-order valence-electron chi connectivity index (χ3n) is 9.25. The van der Waals surface area contributed by atoms with Gasteiger partial charge in [-0.25, -0.2) is 15.1 Å². The molecule has 6 rings (SSSR count). The van der Waals surface area contributed by atoms with E-state index in [0.717, 1.165) is 84.5 Å².